The fraction of sp³-hybridized carbons (Fsp3) is 0.211. The Morgan fingerprint density at radius 1 is 1.28 bits per heavy atom. The van der Waals surface area contributed by atoms with E-state index in [1.807, 2.05) is 42.6 Å². The average Bonchev–Trinajstić information content (AvgIpc) is 2.66. The Balaban J connectivity index is 1.74. The van der Waals surface area contributed by atoms with Gasteiger partial charge in [-0.3, -0.25) is 4.98 Å². The lowest BCUT2D eigenvalue weighted by Crippen LogP contribution is -2.21. The van der Waals surface area contributed by atoms with Crippen molar-refractivity contribution in [2.24, 2.45) is 0 Å². The van der Waals surface area contributed by atoms with E-state index in [0.717, 1.165) is 18.5 Å². The smallest absolute Gasteiger partial charge is 0.343 e. The van der Waals surface area contributed by atoms with Crippen molar-refractivity contribution in [1.29, 1.82) is 0 Å². The fourth-order valence-corrected chi connectivity index (χ4v) is 2.15. The van der Waals surface area contributed by atoms with Crippen molar-refractivity contribution in [3.05, 3.63) is 66.0 Å². The Bertz CT molecular complexity index is 715. The molecule has 25 heavy (non-hydrogen) atoms. The minimum absolute atomic E-state index is 0.101. The van der Waals surface area contributed by atoms with Gasteiger partial charge in [0.2, 0.25) is 0 Å². The van der Waals surface area contributed by atoms with Crippen LogP contribution in [0.1, 0.15) is 11.1 Å². The van der Waals surface area contributed by atoms with Crippen molar-refractivity contribution in [3.8, 4) is 5.75 Å². The van der Waals surface area contributed by atoms with Gasteiger partial charge in [-0.25, -0.2) is 4.79 Å². The van der Waals surface area contributed by atoms with E-state index in [1.165, 1.54) is 12.7 Å². The number of nitrogens with zero attached hydrogens (tertiary/aromatic N) is 1. The lowest BCUT2D eigenvalue weighted by molar-refractivity contribution is -0.142. The Morgan fingerprint density at radius 2 is 2.08 bits per heavy atom. The zero-order valence-electron chi connectivity index (χ0n) is 14.0. The van der Waals surface area contributed by atoms with Crippen molar-refractivity contribution >= 4 is 29.3 Å². The predicted molar refractivity (Wildman–Crippen MR) is 102 cm³/mol. The molecule has 6 heteroatoms. The highest BCUT2D eigenvalue weighted by molar-refractivity contribution is 7.80. The summed E-state index contributed by atoms with van der Waals surface area (Å²) < 4.78 is 9.81. The van der Waals surface area contributed by atoms with E-state index < -0.39 is 5.97 Å². The third-order valence-electron chi connectivity index (χ3n) is 3.33. The second-order valence-corrected chi connectivity index (χ2v) is 5.61. The normalized spacial score (nSPS) is 10.4. The van der Waals surface area contributed by atoms with Crippen LogP contribution in [0.4, 0.5) is 0 Å². The van der Waals surface area contributed by atoms with Crippen LogP contribution in [-0.2, 0) is 16.0 Å². The van der Waals surface area contributed by atoms with Gasteiger partial charge in [-0.15, -0.1) is 0 Å². The number of carbonyl (C=O) groups excluding carboxylic acids is 1. The van der Waals surface area contributed by atoms with Gasteiger partial charge < -0.3 is 14.8 Å². The first kappa shape index (κ1) is 18.6. The van der Waals surface area contributed by atoms with Crippen molar-refractivity contribution in [2.45, 2.75) is 6.42 Å². The van der Waals surface area contributed by atoms with E-state index in [9.17, 15) is 4.79 Å². The second-order valence-electron chi connectivity index (χ2n) is 5.17. The van der Waals surface area contributed by atoms with Crippen molar-refractivity contribution < 1.29 is 14.3 Å². The number of esters is 1. The Morgan fingerprint density at radius 3 is 2.76 bits per heavy atom. The summed E-state index contributed by atoms with van der Waals surface area (Å²) in [5, 5.41) is 3.19. The quantitative estimate of drug-likeness (QED) is 0.446. The lowest BCUT2D eigenvalue weighted by atomic mass is 10.2. The molecule has 2 aromatic rings. The molecule has 1 aromatic carbocycles. The SMILES string of the molecule is COC(=O)COc1ccc(C=CC(=S)NCCc2cccnc2)cc1. The van der Waals surface area contributed by atoms with Crippen LogP contribution in [-0.4, -0.2) is 36.2 Å². The van der Waals surface area contributed by atoms with Crippen LogP contribution in [0.25, 0.3) is 6.08 Å². The van der Waals surface area contributed by atoms with Gasteiger partial charge in [0.05, 0.1) is 12.1 Å². The zero-order chi connectivity index (χ0) is 17.9. The summed E-state index contributed by atoms with van der Waals surface area (Å²) in [5.41, 5.74) is 2.16. The molecule has 0 amide bonds. The molecule has 2 rings (SSSR count). The highest BCUT2D eigenvalue weighted by Crippen LogP contribution is 2.13. The molecule has 0 unspecified atom stereocenters. The van der Waals surface area contributed by atoms with Crippen LogP contribution in [0.5, 0.6) is 5.75 Å². The van der Waals surface area contributed by atoms with Gasteiger partial charge in [0.15, 0.2) is 6.61 Å². The molecule has 0 saturated heterocycles. The Labute approximate surface area is 152 Å². The zero-order valence-corrected chi connectivity index (χ0v) is 14.8. The first-order valence-corrected chi connectivity index (χ1v) is 8.22. The molecule has 0 aliphatic rings. The number of carbonyl (C=O) groups is 1. The molecule has 1 N–H and O–H groups in total. The van der Waals surface area contributed by atoms with Crippen LogP contribution < -0.4 is 10.1 Å². The Hall–Kier alpha value is -2.73. The van der Waals surface area contributed by atoms with Gasteiger partial charge in [0.1, 0.15) is 5.75 Å². The monoisotopic (exact) mass is 356 g/mol. The van der Waals surface area contributed by atoms with Gasteiger partial charge in [-0.05, 0) is 41.8 Å². The van der Waals surface area contributed by atoms with Crippen molar-refractivity contribution in [1.82, 2.24) is 10.3 Å². The molecule has 0 bridgehead atoms. The minimum Gasteiger partial charge on any atom is -0.482 e. The van der Waals surface area contributed by atoms with Crippen LogP contribution in [0, 0.1) is 0 Å². The third kappa shape index (κ3) is 7.14. The summed E-state index contributed by atoms with van der Waals surface area (Å²) in [6, 6.07) is 11.3. The van der Waals surface area contributed by atoms with E-state index >= 15 is 0 Å². The van der Waals surface area contributed by atoms with Crippen LogP contribution >= 0.6 is 12.2 Å². The number of hydrogen-bond acceptors (Lipinski definition) is 5. The first-order valence-electron chi connectivity index (χ1n) is 7.82. The number of thiocarbonyl (C=S) groups is 1. The summed E-state index contributed by atoms with van der Waals surface area (Å²) in [4.78, 5) is 15.8. The number of ether oxygens (including phenoxy) is 2. The number of methoxy groups -OCH3 is 1. The van der Waals surface area contributed by atoms with Crippen LogP contribution in [0.15, 0.2) is 54.9 Å². The number of hydrogen-bond donors (Lipinski definition) is 1. The highest BCUT2D eigenvalue weighted by atomic mass is 32.1. The third-order valence-corrected chi connectivity index (χ3v) is 3.61. The molecule has 0 atom stereocenters. The fourth-order valence-electron chi connectivity index (χ4n) is 1.98. The molecule has 130 valence electrons. The van der Waals surface area contributed by atoms with Gasteiger partial charge >= 0.3 is 5.97 Å². The van der Waals surface area contributed by atoms with E-state index in [4.69, 9.17) is 17.0 Å². The standard InChI is InChI=1S/C19H20N2O3S/c1-23-19(22)14-24-17-7-4-15(5-8-17)6-9-18(25)21-12-10-16-3-2-11-20-13-16/h2-9,11,13H,10,12,14H2,1H3,(H,21,25). The average molecular weight is 356 g/mol. The number of aromatic nitrogens is 1. The van der Waals surface area contributed by atoms with Gasteiger partial charge in [0.25, 0.3) is 0 Å². The minimum atomic E-state index is -0.410. The first-order chi connectivity index (χ1) is 12.2. The van der Waals surface area contributed by atoms with E-state index in [2.05, 4.69) is 15.0 Å². The molecular weight excluding hydrogens is 336 g/mol. The molecule has 1 heterocycles. The van der Waals surface area contributed by atoms with E-state index in [-0.39, 0.29) is 6.61 Å². The van der Waals surface area contributed by atoms with Gasteiger partial charge in [-0.1, -0.05) is 36.5 Å². The molecule has 0 aliphatic heterocycles. The molecule has 5 nitrogen and oxygen atoms in total. The summed E-state index contributed by atoms with van der Waals surface area (Å²) in [6.45, 7) is 0.659. The highest BCUT2D eigenvalue weighted by Gasteiger charge is 2.01. The molecule has 0 aliphatic carbocycles. The summed E-state index contributed by atoms with van der Waals surface area (Å²) >= 11 is 5.29. The van der Waals surface area contributed by atoms with Crippen LogP contribution in [0.2, 0.25) is 0 Å². The van der Waals surface area contributed by atoms with E-state index in [1.54, 1.807) is 18.3 Å². The molecule has 1 aromatic heterocycles. The summed E-state index contributed by atoms with van der Waals surface area (Å²) in [7, 11) is 1.33. The molecule has 0 spiro atoms. The Kier molecular flexibility index (Phi) is 7.59. The van der Waals surface area contributed by atoms with Gasteiger partial charge in [0, 0.05) is 18.9 Å². The van der Waals surface area contributed by atoms with Crippen molar-refractivity contribution in [2.75, 3.05) is 20.3 Å². The topological polar surface area (TPSA) is 60.5 Å². The molecular formula is C19H20N2O3S. The van der Waals surface area contributed by atoms with Crippen molar-refractivity contribution in [3.63, 3.8) is 0 Å². The summed E-state index contributed by atoms with van der Waals surface area (Å²) in [5.74, 6) is 0.200. The second kappa shape index (κ2) is 10.2. The van der Waals surface area contributed by atoms with Gasteiger partial charge in [-0.2, -0.15) is 0 Å². The maximum Gasteiger partial charge on any atom is 0.343 e. The summed E-state index contributed by atoms with van der Waals surface area (Å²) in [6.07, 6.45) is 8.25. The predicted octanol–water partition coefficient (Wildman–Crippen LogP) is 2.81. The molecule has 0 radical (unpaired) electrons. The number of benzene rings is 1. The number of pyridine rings is 1. The van der Waals surface area contributed by atoms with E-state index in [0.29, 0.717) is 10.7 Å². The maximum atomic E-state index is 11.0. The number of rotatable bonds is 8. The maximum absolute atomic E-state index is 11.0. The number of nitrogens with one attached hydrogen (secondary N) is 1. The molecule has 0 fully saturated rings. The lowest BCUT2D eigenvalue weighted by Gasteiger charge is -2.05. The van der Waals surface area contributed by atoms with Crippen LogP contribution in [0.3, 0.4) is 0 Å². The molecule has 0 saturated carbocycles. The largest absolute Gasteiger partial charge is 0.482 e.